The monoisotopic (exact) mass is 493 g/mol. The van der Waals surface area contributed by atoms with Crippen LogP contribution in [0.5, 0.6) is 0 Å². The normalized spacial score (nSPS) is 14.8. The van der Waals surface area contributed by atoms with E-state index < -0.39 is 9.84 Å². The van der Waals surface area contributed by atoms with Crippen molar-refractivity contribution in [2.45, 2.75) is 56.9 Å². The minimum absolute atomic E-state index is 0.291. The Morgan fingerprint density at radius 2 is 1.77 bits per heavy atom. The molecule has 1 aromatic carbocycles. The van der Waals surface area contributed by atoms with Gasteiger partial charge in [-0.3, -0.25) is 0 Å². The van der Waals surface area contributed by atoms with Crippen molar-refractivity contribution in [2.75, 3.05) is 16.9 Å². The van der Waals surface area contributed by atoms with Crippen LogP contribution in [0.15, 0.2) is 45.9 Å². The highest BCUT2D eigenvalue weighted by atomic mass is 79.9. The molecular weight excluding hydrogens is 466 g/mol. The van der Waals surface area contributed by atoms with E-state index in [4.69, 9.17) is 4.98 Å². The zero-order valence-corrected chi connectivity index (χ0v) is 19.9. The fourth-order valence-electron chi connectivity index (χ4n) is 3.49. The number of anilines is 3. The molecule has 0 amide bonds. The van der Waals surface area contributed by atoms with Crippen LogP contribution in [0, 0.1) is 0 Å². The highest BCUT2D eigenvalue weighted by Gasteiger charge is 2.16. The first kappa shape index (κ1) is 22.6. The van der Waals surface area contributed by atoms with Gasteiger partial charge in [-0.05, 0) is 53.0 Å². The maximum Gasteiger partial charge on any atom is 0.175 e. The summed E-state index contributed by atoms with van der Waals surface area (Å²) in [7, 11) is -3.22. The number of sulfone groups is 1. The van der Waals surface area contributed by atoms with E-state index in [2.05, 4.69) is 31.7 Å². The van der Waals surface area contributed by atoms with E-state index in [1.54, 1.807) is 35.0 Å². The summed E-state index contributed by atoms with van der Waals surface area (Å²) in [6.07, 6.45) is 9.01. The van der Waals surface area contributed by atoms with Gasteiger partial charge in [-0.25, -0.2) is 13.4 Å². The second-order valence-corrected chi connectivity index (χ2v) is 10.0. The Labute approximate surface area is 186 Å². The molecule has 0 unspecified atom stereocenters. The fourth-order valence-corrected chi connectivity index (χ4v) is 4.47. The van der Waals surface area contributed by atoms with Gasteiger partial charge in [0, 0.05) is 24.1 Å². The first-order valence-electron chi connectivity index (χ1n) is 10.3. The second kappa shape index (κ2) is 9.78. The highest BCUT2D eigenvalue weighted by Crippen LogP contribution is 2.27. The molecule has 9 heteroatoms. The van der Waals surface area contributed by atoms with Crippen LogP contribution in [0.1, 0.15) is 46.0 Å². The number of halogens is 1. The van der Waals surface area contributed by atoms with Gasteiger partial charge in [0.15, 0.2) is 15.5 Å². The highest BCUT2D eigenvalue weighted by molar-refractivity contribution is 9.10. The molecule has 1 saturated carbocycles. The Kier molecular flexibility index (Phi) is 7.36. The maximum atomic E-state index is 11.7. The Morgan fingerprint density at radius 1 is 1.10 bits per heavy atom. The number of rotatable bonds is 5. The first-order valence-corrected chi connectivity index (χ1v) is 13.0. The van der Waals surface area contributed by atoms with Gasteiger partial charge in [0.25, 0.3) is 0 Å². The quantitative estimate of drug-likeness (QED) is 0.493. The van der Waals surface area contributed by atoms with E-state index in [1.165, 1.54) is 25.5 Å². The molecule has 2 N–H and O–H groups in total. The molecule has 1 fully saturated rings. The number of fused-ring (bicyclic) bond motifs is 1. The Morgan fingerprint density at radius 3 is 2.40 bits per heavy atom. The van der Waals surface area contributed by atoms with Gasteiger partial charge in [0.2, 0.25) is 0 Å². The summed E-state index contributed by atoms with van der Waals surface area (Å²) in [4.78, 5) is 4.99. The van der Waals surface area contributed by atoms with Crippen molar-refractivity contribution in [1.82, 2.24) is 14.6 Å². The lowest BCUT2D eigenvalue weighted by atomic mass is 9.95. The molecule has 1 aliphatic rings. The fraction of sp³-hybridized carbons (Fsp3) is 0.429. The molecule has 0 spiro atoms. The summed E-state index contributed by atoms with van der Waals surface area (Å²) in [6, 6.07) is 9.05. The average Bonchev–Trinajstić information content (AvgIpc) is 3.11. The van der Waals surface area contributed by atoms with E-state index >= 15 is 0 Å². The predicted molar refractivity (Wildman–Crippen MR) is 125 cm³/mol. The minimum Gasteiger partial charge on any atom is -0.367 e. The van der Waals surface area contributed by atoms with Crippen LogP contribution in [0.25, 0.3) is 5.65 Å². The van der Waals surface area contributed by atoms with Crippen LogP contribution in [0.4, 0.5) is 17.3 Å². The van der Waals surface area contributed by atoms with E-state index in [1.807, 2.05) is 19.9 Å². The van der Waals surface area contributed by atoms with Crippen molar-refractivity contribution in [2.24, 2.45) is 0 Å². The van der Waals surface area contributed by atoms with Crippen LogP contribution >= 0.6 is 15.9 Å². The molecule has 2 aromatic heterocycles. The third-order valence-electron chi connectivity index (χ3n) is 4.94. The van der Waals surface area contributed by atoms with Gasteiger partial charge in [-0.1, -0.05) is 33.1 Å². The number of hydrogen-bond donors (Lipinski definition) is 2. The van der Waals surface area contributed by atoms with Crippen molar-refractivity contribution < 1.29 is 8.42 Å². The van der Waals surface area contributed by atoms with Crippen LogP contribution in [0.2, 0.25) is 0 Å². The van der Waals surface area contributed by atoms with Crippen molar-refractivity contribution in [3.63, 3.8) is 0 Å². The molecule has 7 nitrogen and oxygen atoms in total. The average molecular weight is 494 g/mol. The zero-order chi connectivity index (χ0) is 21.7. The molecule has 0 radical (unpaired) electrons. The molecule has 0 atom stereocenters. The topological polar surface area (TPSA) is 88.4 Å². The lowest BCUT2D eigenvalue weighted by molar-refractivity contribution is 0.462. The molecule has 0 bridgehead atoms. The SMILES string of the molecule is CC.CS(=O)(=O)c1ccc(Nc2cc(NC3CCCCC3)nc3c(Br)cnn23)cc1. The summed E-state index contributed by atoms with van der Waals surface area (Å²) < 4.78 is 25.9. The maximum absolute atomic E-state index is 11.7. The molecule has 30 heavy (non-hydrogen) atoms. The Bertz CT molecular complexity index is 1090. The van der Waals surface area contributed by atoms with Crippen LogP contribution in [-0.4, -0.2) is 35.3 Å². The van der Waals surface area contributed by atoms with Crippen molar-refractivity contribution in [3.05, 3.63) is 41.0 Å². The summed E-state index contributed by atoms with van der Waals surface area (Å²) >= 11 is 3.51. The van der Waals surface area contributed by atoms with Crippen LogP contribution < -0.4 is 10.6 Å². The molecule has 0 saturated heterocycles. The largest absolute Gasteiger partial charge is 0.367 e. The smallest absolute Gasteiger partial charge is 0.175 e. The van der Waals surface area contributed by atoms with Gasteiger partial charge in [0.05, 0.1) is 15.6 Å². The van der Waals surface area contributed by atoms with E-state index in [9.17, 15) is 8.42 Å². The zero-order valence-electron chi connectivity index (χ0n) is 17.5. The molecule has 4 rings (SSSR count). The molecule has 3 aromatic rings. The third-order valence-corrected chi connectivity index (χ3v) is 6.63. The number of nitrogens with zero attached hydrogens (tertiary/aromatic N) is 3. The van der Waals surface area contributed by atoms with Gasteiger partial charge in [-0.2, -0.15) is 9.61 Å². The van der Waals surface area contributed by atoms with Crippen LogP contribution in [0.3, 0.4) is 0 Å². The van der Waals surface area contributed by atoms with E-state index in [0.29, 0.717) is 10.9 Å². The Balaban J connectivity index is 0.00000124. The van der Waals surface area contributed by atoms with Gasteiger partial charge < -0.3 is 10.6 Å². The molecule has 162 valence electrons. The lowest BCUT2D eigenvalue weighted by Crippen LogP contribution is -2.23. The first-order chi connectivity index (χ1) is 14.4. The summed E-state index contributed by atoms with van der Waals surface area (Å²) in [5.74, 6) is 1.55. The summed E-state index contributed by atoms with van der Waals surface area (Å²) in [6.45, 7) is 4.00. The van der Waals surface area contributed by atoms with E-state index in [-0.39, 0.29) is 0 Å². The summed E-state index contributed by atoms with van der Waals surface area (Å²) in [5.41, 5.74) is 1.49. The van der Waals surface area contributed by atoms with Crippen molar-refractivity contribution in [1.29, 1.82) is 0 Å². The van der Waals surface area contributed by atoms with E-state index in [0.717, 1.165) is 40.3 Å². The molecular formula is C21H28BrN5O2S. The number of aromatic nitrogens is 3. The second-order valence-electron chi connectivity index (χ2n) is 7.16. The lowest BCUT2D eigenvalue weighted by Gasteiger charge is -2.23. The predicted octanol–water partition coefficient (Wildman–Crippen LogP) is 5.41. The van der Waals surface area contributed by atoms with Crippen molar-refractivity contribution >= 4 is 48.7 Å². The van der Waals surface area contributed by atoms with Crippen molar-refractivity contribution in [3.8, 4) is 0 Å². The van der Waals surface area contributed by atoms with Gasteiger partial charge in [-0.15, -0.1) is 0 Å². The minimum atomic E-state index is -3.22. The number of nitrogens with one attached hydrogen (secondary N) is 2. The van der Waals surface area contributed by atoms with Crippen LogP contribution in [-0.2, 0) is 9.84 Å². The summed E-state index contributed by atoms with van der Waals surface area (Å²) in [5, 5.41) is 11.3. The molecule has 0 aliphatic heterocycles. The van der Waals surface area contributed by atoms with Gasteiger partial charge in [0.1, 0.15) is 11.6 Å². The molecule has 1 aliphatic carbocycles. The number of benzene rings is 1. The Hall–Kier alpha value is -2.13. The standard InChI is InChI=1S/C19H22BrN5O2S.C2H6/c1-28(26,27)15-9-7-14(8-10-15)23-18-11-17(22-13-5-3-2-4-6-13)24-19-16(20)12-21-25(18)19;1-2/h7-13,23H,2-6H2,1H3,(H,22,24);1-2H3. The third kappa shape index (κ3) is 5.31. The molecule has 2 heterocycles. The number of hydrogen-bond acceptors (Lipinski definition) is 6. The van der Waals surface area contributed by atoms with Gasteiger partial charge >= 0.3 is 0 Å².